The molecule has 158 valence electrons. The lowest BCUT2D eigenvalue weighted by molar-refractivity contribution is -0.154. The zero-order valence-electron chi connectivity index (χ0n) is 17.4. The molecule has 2 aliphatic rings. The van der Waals surface area contributed by atoms with Crippen LogP contribution in [0.3, 0.4) is 0 Å². The molecule has 1 aromatic carbocycles. The van der Waals surface area contributed by atoms with Crippen molar-refractivity contribution in [3.05, 3.63) is 47.7 Å². The monoisotopic (exact) mass is 403 g/mol. The Kier molecular flexibility index (Phi) is 6.00. The van der Waals surface area contributed by atoms with Gasteiger partial charge in [0.05, 0.1) is 19.8 Å². The second-order valence-electron chi connectivity index (χ2n) is 8.54. The zero-order valence-corrected chi connectivity index (χ0v) is 17.4. The molecule has 0 radical (unpaired) electrons. The highest BCUT2D eigenvalue weighted by Crippen LogP contribution is 2.49. The van der Waals surface area contributed by atoms with E-state index in [1.165, 1.54) is 12.0 Å². The number of methoxy groups -OCH3 is 1. The molecule has 1 fully saturated rings. The average Bonchev–Trinajstić information content (AvgIpc) is 3.04. The Bertz CT molecular complexity index is 784. The number of amides is 1. The van der Waals surface area contributed by atoms with Crippen molar-refractivity contribution in [1.29, 1.82) is 0 Å². The van der Waals surface area contributed by atoms with Gasteiger partial charge in [0, 0.05) is 12.2 Å². The lowest BCUT2D eigenvalue weighted by atomic mass is 9.73. The minimum absolute atomic E-state index is 0.129. The van der Waals surface area contributed by atoms with Gasteiger partial charge in [-0.05, 0) is 45.3 Å². The third kappa shape index (κ3) is 4.46. The topological polar surface area (TPSA) is 85.3 Å². The van der Waals surface area contributed by atoms with E-state index in [1.807, 2.05) is 30.3 Å². The molecule has 1 heterocycles. The van der Waals surface area contributed by atoms with Crippen LogP contribution >= 0.6 is 0 Å². The van der Waals surface area contributed by atoms with Crippen LogP contribution in [-0.2, 0) is 25.6 Å². The molecule has 7 heteroatoms. The van der Waals surface area contributed by atoms with E-state index >= 15 is 0 Å². The first-order chi connectivity index (χ1) is 13.7. The third-order valence-corrected chi connectivity index (χ3v) is 5.28. The van der Waals surface area contributed by atoms with E-state index in [-0.39, 0.29) is 6.42 Å². The SMILES string of the molecule is COC(=O)[C@]12CCN(C(=O)OC(C)(C)C)C1=C[C@H](OCc1ccccc1)[C@@H](O)C2. The van der Waals surface area contributed by atoms with Crippen molar-refractivity contribution >= 4 is 12.1 Å². The van der Waals surface area contributed by atoms with Gasteiger partial charge in [-0.15, -0.1) is 0 Å². The minimum atomic E-state index is -1.07. The number of aliphatic hydroxyl groups excluding tert-OH is 1. The van der Waals surface area contributed by atoms with E-state index in [0.717, 1.165) is 5.56 Å². The number of ether oxygens (including phenoxy) is 3. The summed E-state index contributed by atoms with van der Waals surface area (Å²) >= 11 is 0. The fourth-order valence-electron chi connectivity index (χ4n) is 3.92. The Morgan fingerprint density at radius 3 is 2.55 bits per heavy atom. The predicted molar refractivity (Wildman–Crippen MR) is 106 cm³/mol. The number of likely N-dealkylation sites (tertiary alicyclic amines) is 1. The fraction of sp³-hybridized carbons (Fsp3) is 0.545. The number of nitrogens with zero attached hydrogens (tertiary/aromatic N) is 1. The highest BCUT2D eigenvalue weighted by Gasteiger charge is 2.56. The summed E-state index contributed by atoms with van der Waals surface area (Å²) in [6.45, 7) is 6.00. The van der Waals surface area contributed by atoms with Crippen molar-refractivity contribution < 1.29 is 28.9 Å². The first kappa shape index (κ1) is 21.3. The average molecular weight is 403 g/mol. The smallest absolute Gasteiger partial charge is 0.414 e. The van der Waals surface area contributed by atoms with Crippen LogP contribution in [0.25, 0.3) is 0 Å². The van der Waals surface area contributed by atoms with Crippen LogP contribution in [-0.4, -0.2) is 53.5 Å². The number of carbonyl (C=O) groups is 2. The Balaban J connectivity index is 1.88. The van der Waals surface area contributed by atoms with Crippen LogP contribution in [0.1, 0.15) is 39.2 Å². The number of rotatable bonds is 4. The summed E-state index contributed by atoms with van der Waals surface area (Å²) in [6, 6.07) is 9.62. The van der Waals surface area contributed by atoms with Gasteiger partial charge < -0.3 is 19.3 Å². The highest BCUT2D eigenvalue weighted by molar-refractivity contribution is 5.84. The quantitative estimate of drug-likeness (QED) is 0.778. The molecule has 1 aliphatic carbocycles. The standard InChI is InChI=1S/C22H29NO6/c1-21(2,3)29-20(26)23-11-10-22(19(25)27-4)13-16(24)17(12-18(22)23)28-14-15-8-6-5-7-9-15/h5-9,12,16-17,24H,10-11,13-14H2,1-4H3/t16-,17-,22-/m0/s1. The van der Waals surface area contributed by atoms with Crippen LogP contribution in [0.15, 0.2) is 42.1 Å². The summed E-state index contributed by atoms with van der Waals surface area (Å²) in [5.41, 5.74) is -0.274. The molecule has 0 bridgehead atoms. The van der Waals surface area contributed by atoms with Crippen molar-refractivity contribution in [2.75, 3.05) is 13.7 Å². The minimum Gasteiger partial charge on any atom is -0.468 e. The van der Waals surface area contributed by atoms with E-state index in [1.54, 1.807) is 26.8 Å². The van der Waals surface area contributed by atoms with E-state index < -0.39 is 35.3 Å². The van der Waals surface area contributed by atoms with Crippen molar-refractivity contribution in [2.45, 2.75) is 58.0 Å². The maximum atomic E-state index is 12.7. The molecule has 7 nitrogen and oxygen atoms in total. The number of fused-ring (bicyclic) bond motifs is 1. The first-order valence-corrected chi connectivity index (χ1v) is 9.81. The summed E-state index contributed by atoms with van der Waals surface area (Å²) in [7, 11) is 1.31. The Morgan fingerprint density at radius 1 is 1.24 bits per heavy atom. The maximum absolute atomic E-state index is 12.7. The molecule has 0 saturated carbocycles. The summed E-state index contributed by atoms with van der Waals surface area (Å²) in [5.74, 6) is -0.463. The molecular formula is C22H29NO6. The Labute approximate surface area is 171 Å². The summed E-state index contributed by atoms with van der Waals surface area (Å²) in [5, 5.41) is 10.7. The van der Waals surface area contributed by atoms with Gasteiger partial charge in [0.25, 0.3) is 0 Å². The number of carbonyl (C=O) groups excluding carboxylic acids is 2. The number of esters is 1. The fourth-order valence-corrected chi connectivity index (χ4v) is 3.92. The molecule has 29 heavy (non-hydrogen) atoms. The zero-order chi connectivity index (χ0) is 21.2. The lowest BCUT2D eigenvalue weighted by Crippen LogP contribution is -2.46. The van der Waals surface area contributed by atoms with E-state index in [9.17, 15) is 14.7 Å². The molecule has 1 amide bonds. The summed E-state index contributed by atoms with van der Waals surface area (Å²) in [4.78, 5) is 26.9. The van der Waals surface area contributed by atoms with Gasteiger partial charge in [0.2, 0.25) is 0 Å². The molecule has 0 unspecified atom stereocenters. The normalized spacial score (nSPS) is 26.5. The molecule has 3 atom stereocenters. The van der Waals surface area contributed by atoms with Gasteiger partial charge in [-0.3, -0.25) is 9.69 Å². The maximum Gasteiger partial charge on any atom is 0.414 e. The van der Waals surface area contributed by atoms with Crippen LogP contribution in [0, 0.1) is 5.41 Å². The highest BCUT2D eigenvalue weighted by atomic mass is 16.6. The van der Waals surface area contributed by atoms with Gasteiger partial charge in [-0.2, -0.15) is 0 Å². The van der Waals surface area contributed by atoms with Crippen molar-refractivity contribution in [3.63, 3.8) is 0 Å². The number of aliphatic hydroxyl groups is 1. The Hall–Kier alpha value is -2.38. The van der Waals surface area contributed by atoms with E-state index in [2.05, 4.69) is 0 Å². The van der Waals surface area contributed by atoms with Gasteiger partial charge in [-0.1, -0.05) is 30.3 Å². The first-order valence-electron chi connectivity index (χ1n) is 9.81. The predicted octanol–water partition coefficient (Wildman–Crippen LogP) is 3.02. The molecule has 3 rings (SSSR count). The van der Waals surface area contributed by atoms with Crippen LogP contribution in [0.2, 0.25) is 0 Å². The number of hydrogen-bond donors (Lipinski definition) is 1. The largest absolute Gasteiger partial charge is 0.468 e. The van der Waals surface area contributed by atoms with Crippen molar-refractivity contribution in [1.82, 2.24) is 4.90 Å². The van der Waals surface area contributed by atoms with Gasteiger partial charge in [0.15, 0.2) is 0 Å². The lowest BCUT2D eigenvalue weighted by Gasteiger charge is -2.38. The van der Waals surface area contributed by atoms with Crippen molar-refractivity contribution in [3.8, 4) is 0 Å². The van der Waals surface area contributed by atoms with Crippen LogP contribution < -0.4 is 0 Å². The molecule has 1 aromatic rings. The number of benzene rings is 1. The summed E-state index contributed by atoms with van der Waals surface area (Å²) in [6.07, 6.45) is 0.112. The van der Waals surface area contributed by atoms with E-state index in [4.69, 9.17) is 14.2 Å². The number of hydrogen-bond acceptors (Lipinski definition) is 6. The van der Waals surface area contributed by atoms with Crippen LogP contribution in [0.4, 0.5) is 4.79 Å². The second kappa shape index (κ2) is 8.16. The summed E-state index contributed by atoms with van der Waals surface area (Å²) < 4.78 is 16.5. The molecular weight excluding hydrogens is 374 g/mol. The third-order valence-electron chi connectivity index (χ3n) is 5.28. The van der Waals surface area contributed by atoms with E-state index in [0.29, 0.717) is 25.3 Å². The molecule has 1 N–H and O–H groups in total. The Morgan fingerprint density at radius 2 is 1.93 bits per heavy atom. The second-order valence-corrected chi connectivity index (χ2v) is 8.54. The molecule has 0 spiro atoms. The van der Waals surface area contributed by atoms with Gasteiger partial charge >= 0.3 is 12.1 Å². The molecule has 1 saturated heterocycles. The van der Waals surface area contributed by atoms with Gasteiger partial charge in [-0.25, -0.2) is 4.79 Å². The van der Waals surface area contributed by atoms with Crippen LogP contribution in [0.5, 0.6) is 0 Å². The van der Waals surface area contributed by atoms with Gasteiger partial charge in [0.1, 0.15) is 17.1 Å². The molecule has 0 aromatic heterocycles. The van der Waals surface area contributed by atoms with Crippen molar-refractivity contribution in [2.24, 2.45) is 5.41 Å². The molecule has 1 aliphatic heterocycles.